The van der Waals surface area contributed by atoms with Gasteiger partial charge in [-0.25, -0.2) is 9.69 Å². The molecule has 0 saturated carbocycles. The Morgan fingerprint density at radius 1 is 0.889 bits per heavy atom. The van der Waals surface area contributed by atoms with Gasteiger partial charge in [-0.1, -0.05) is 46.9 Å². The van der Waals surface area contributed by atoms with Crippen LogP contribution in [0, 0.1) is 0 Å². The fourth-order valence-electron chi connectivity index (χ4n) is 3.43. The standard InChI is InChI=1S/C26H19Cl3N2O5/c1-2-35-19-8-6-18(7-9-19)31-25(33)20(24(32)30-26(31)34)11-15-3-10-23(22(29)12-15)36-14-16-4-5-17(27)13-21(16)28/h3-13H,2,14H2,1H3,(H,30,32,34)/b20-11+. The highest BCUT2D eigenvalue weighted by molar-refractivity contribution is 6.39. The van der Waals surface area contributed by atoms with Gasteiger partial charge in [0.15, 0.2) is 0 Å². The number of amides is 4. The van der Waals surface area contributed by atoms with Crippen LogP contribution in [0.5, 0.6) is 11.5 Å². The summed E-state index contributed by atoms with van der Waals surface area (Å²) >= 11 is 18.5. The molecule has 0 aliphatic carbocycles. The predicted octanol–water partition coefficient (Wildman–Crippen LogP) is 6.29. The largest absolute Gasteiger partial charge is 0.494 e. The van der Waals surface area contributed by atoms with Crippen LogP contribution in [0.1, 0.15) is 18.1 Å². The number of carbonyl (C=O) groups excluding carboxylic acids is 3. The van der Waals surface area contributed by atoms with E-state index in [9.17, 15) is 14.4 Å². The van der Waals surface area contributed by atoms with Crippen molar-refractivity contribution in [1.82, 2.24) is 5.32 Å². The van der Waals surface area contributed by atoms with Gasteiger partial charge in [-0.15, -0.1) is 0 Å². The molecule has 0 aromatic heterocycles. The van der Waals surface area contributed by atoms with Gasteiger partial charge in [0.1, 0.15) is 23.7 Å². The second kappa shape index (κ2) is 11.0. The summed E-state index contributed by atoms with van der Waals surface area (Å²) in [6.07, 6.45) is 1.36. The van der Waals surface area contributed by atoms with Crippen LogP contribution < -0.4 is 19.7 Å². The Morgan fingerprint density at radius 3 is 2.31 bits per heavy atom. The Bertz CT molecular complexity index is 1370. The highest BCUT2D eigenvalue weighted by Crippen LogP contribution is 2.30. The molecular weight excluding hydrogens is 527 g/mol. The first kappa shape index (κ1) is 25.6. The predicted molar refractivity (Wildman–Crippen MR) is 139 cm³/mol. The van der Waals surface area contributed by atoms with E-state index < -0.39 is 17.8 Å². The molecule has 1 aliphatic rings. The number of carbonyl (C=O) groups is 3. The molecule has 10 heteroatoms. The molecule has 1 fully saturated rings. The summed E-state index contributed by atoms with van der Waals surface area (Å²) in [5.41, 5.74) is 1.27. The summed E-state index contributed by atoms with van der Waals surface area (Å²) in [6.45, 7) is 2.49. The van der Waals surface area contributed by atoms with E-state index in [1.54, 1.807) is 60.7 Å². The maximum absolute atomic E-state index is 13.1. The molecule has 0 bridgehead atoms. The first-order valence-corrected chi connectivity index (χ1v) is 11.9. The summed E-state index contributed by atoms with van der Waals surface area (Å²) < 4.78 is 11.1. The van der Waals surface area contributed by atoms with Crippen LogP contribution >= 0.6 is 34.8 Å². The zero-order valence-electron chi connectivity index (χ0n) is 18.9. The maximum Gasteiger partial charge on any atom is 0.335 e. The van der Waals surface area contributed by atoms with Gasteiger partial charge in [0.05, 0.1) is 17.3 Å². The highest BCUT2D eigenvalue weighted by Gasteiger charge is 2.36. The summed E-state index contributed by atoms with van der Waals surface area (Å²) in [7, 11) is 0. The Balaban J connectivity index is 1.54. The second-order valence-electron chi connectivity index (χ2n) is 7.60. The van der Waals surface area contributed by atoms with Crippen molar-refractivity contribution >= 4 is 64.4 Å². The quantitative estimate of drug-likeness (QED) is 0.279. The SMILES string of the molecule is CCOc1ccc(N2C(=O)NC(=O)/C(=C\c3ccc(OCc4ccc(Cl)cc4Cl)c(Cl)c3)C2=O)cc1. The van der Waals surface area contributed by atoms with Gasteiger partial charge < -0.3 is 9.47 Å². The number of hydrogen-bond acceptors (Lipinski definition) is 5. The Hall–Kier alpha value is -3.52. The molecule has 4 amide bonds. The minimum Gasteiger partial charge on any atom is -0.494 e. The van der Waals surface area contributed by atoms with Crippen molar-refractivity contribution in [3.05, 3.63) is 92.4 Å². The molecule has 1 saturated heterocycles. The monoisotopic (exact) mass is 544 g/mol. The first-order valence-electron chi connectivity index (χ1n) is 10.8. The van der Waals surface area contributed by atoms with Crippen LogP contribution in [0.2, 0.25) is 15.1 Å². The van der Waals surface area contributed by atoms with E-state index in [0.29, 0.717) is 39.4 Å². The van der Waals surface area contributed by atoms with Crippen LogP contribution in [0.3, 0.4) is 0 Å². The van der Waals surface area contributed by atoms with Gasteiger partial charge in [0, 0.05) is 15.6 Å². The van der Waals surface area contributed by atoms with Crippen molar-refractivity contribution < 1.29 is 23.9 Å². The third-order valence-corrected chi connectivity index (χ3v) is 6.06. The van der Waals surface area contributed by atoms with Crippen molar-refractivity contribution in [3.63, 3.8) is 0 Å². The number of ether oxygens (including phenoxy) is 2. The lowest BCUT2D eigenvalue weighted by Gasteiger charge is -2.26. The van der Waals surface area contributed by atoms with E-state index in [1.807, 2.05) is 6.92 Å². The van der Waals surface area contributed by atoms with Crippen molar-refractivity contribution in [3.8, 4) is 11.5 Å². The second-order valence-corrected chi connectivity index (χ2v) is 8.85. The number of hydrogen-bond donors (Lipinski definition) is 1. The van der Waals surface area contributed by atoms with Crippen molar-refractivity contribution in [2.45, 2.75) is 13.5 Å². The van der Waals surface area contributed by atoms with Crippen molar-refractivity contribution in [1.29, 1.82) is 0 Å². The molecule has 4 rings (SSSR count). The van der Waals surface area contributed by atoms with Crippen LogP contribution in [0.15, 0.2) is 66.2 Å². The van der Waals surface area contributed by atoms with Crippen LogP contribution in [0.4, 0.5) is 10.5 Å². The lowest BCUT2D eigenvalue weighted by atomic mass is 10.1. The minimum atomic E-state index is -0.839. The molecule has 1 N–H and O–H groups in total. The molecule has 3 aromatic rings. The third kappa shape index (κ3) is 5.65. The van der Waals surface area contributed by atoms with Gasteiger partial charge in [0.25, 0.3) is 11.8 Å². The smallest absolute Gasteiger partial charge is 0.335 e. The molecule has 0 radical (unpaired) electrons. The van der Waals surface area contributed by atoms with Gasteiger partial charge >= 0.3 is 6.03 Å². The van der Waals surface area contributed by atoms with Crippen LogP contribution in [-0.4, -0.2) is 24.5 Å². The van der Waals surface area contributed by atoms with Gasteiger partial charge in [-0.3, -0.25) is 14.9 Å². The van der Waals surface area contributed by atoms with Crippen molar-refractivity contribution in [2.75, 3.05) is 11.5 Å². The maximum atomic E-state index is 13.1. The number of rotatable bonds is 7. The fraction of sp³-hybridized carbons (Fsp3) is 0.115. The van der Waals surface area contributed by atoms with E-state index in [4.69, 9.17) is 44.3 Å². The Morgan fingerprint density at radius 2 is 1.64 bits per heavy atom. The molecule has 184 valence electrons. The molecule has 1 aliphatic heterocycles. The van der Waals surface area contributed by atoms with Gasteiger partial charge in [0.2, 0.25) is 0 Å². The Kier molecular flexibility index (Phi) is 7.84. The number of barbiturate groups is 1. The lowest BCUT2D eigenvalue weighted by Crippen LogP contribution is -2.54. The topological polar surface area (TPSA) is 84.9 Å². The highest BCUT2D eigenvalue weighted by atomic mass is 35.5. The van der Waals surface area contributed by atoms with Crippen molar-refractivity contribution in [2.24, 2.45) is 0 Å². The third-order valence-electron chi connectivity index (χ3n) is 5.17. The lowest BCUT2D eigenvalue weighted by molar-refractivity contribution is -0.122. The number of urea groups is 1. The van der Waals surface area contributed by atoms with E-state index in [-0.39, 0.29) is 17.2 Å². The van der Waals surface area contributed by atoms with Gasteiger partial charge in [-0.05, 0) is 67.1 Å². The number of nitrogens with zero attached hydrogens (tertiary/aromatic N) is 1. The molecule has 3 aromatic carbocycles. The average molecular weight is 546 g/mol. The molecule has 36 heavy (non-hydrogen) atoms. The molecule has 0 spiro atoms. The minimum absolute atomic E-state index is 0.163. The number of benzene rings is 3. The van der Waals surface area contributed by atoms with E-state index in [0.717, 1.165) is 10.5 Å². The fourth-order valence-corrected chi connectivity index (χ4v) is 4.14. The summed E-state index contributed by atoms with van der Waals surface area (Å²) in [6, 6.07) is 15.4. The normalized spacial score (nSPS) is 14.7. The van der Waals surface area contributed by atoms with Gasteiger partial charge in [-0.2, -0.15) is 0 Å². The van der Waals surface area contributed by atoms with Crippen LogP contribution in [-0.2, 0) is 16.2 Å². The molecule has 1 heterocycles. The molecule has 0 unspecified atom stereocenters. The van der Waals surface area contributed by atoms with Crippen LogP contribution in [0.25, 0.3) is 6.08 Å². The summed E-state index contributed by atoms with van der Waals surface area (Å²) in [5, 5.41) is 3.43. The zero-order valence-corrected chi connectivity index (χ0v) is 21.2. The summed E-state index contributed by atoms with van der Waals surface area (Å²) in [5.74, 6) is -0.591. The average Bonchev–Trinajstić information content (AvgIpc) is 2.83. The number of halogens is 3. The first-order chi connectivity index (χ1) is 17.3. The number of imide groups is 2. The molecule has 0 atom stereocenters. The zero-order chi connectivity index (χ0) is 25.8. The Labute approximate surface area is 222 Å². The van der Waals surface area contributed by atoms with E-state index in [1.165, 1.54) is 6.08 Å². The molecule has 7 nitrogen and oxygen atoms in total. The number of anilines is 1. The summed E-state index contributed by atoms with van der Waals surface area (Å²) in [4.78, 5) is 38.9. The van der Waals surface area contributed by atoms with E-state index in [2.05, 4.69) is 5.32 Å². The van der Waals surface area contributed by atoms with E-state index >= 15 is 0 Å². The number of nitrogens with one attached hydrogen (secondary N) is 1. The molecular formula is C26H19Cl3N2O5.